The molecule has 0 spiro atoms. The van der Waals surface area contributed by atoms with E-state index in [1.165, 1.54) is 5.56 Å². The maximum atomic E-state index is 12.3. The zero-order valence-electron chi connectivity index (χ0n) is 13.9. The molecule has 0 unspecified atom stereocenters. The molecule has 1 N–H and O–H groups in total. The minimum Gasteiger partial charge on any atom is -0.479 e. The van der Waals surface area contributed by atoms with Gasteiger partial charge in [-0.25, -0.2) is 0 Å². The Kier molecular flexibility index (Phi) is 5.67. The van der Waals surface area contributed by atoms with Crippen LogP contribution in [0, 0.1) is 13.8 Å². The van der Waals surface area contributed by atoms with E-state index in [9.17, 15) is 4.79 Å². The Hall–Kier alpha value is -2.00. The standard InChI is InChI=1S/C19H22ClNO2/c1-12-9-10-16(13(2)11-12)14(3)21-19(22)15(4)23-18-8-6-5-7-17(18)20/h5-11,14-15H,1-4H3,(H,21,22)/t14-,15+/m1/s1. The number of carbonyl (C=O) groups is 1. The highest BCUT2D eigenvalue weighted by Crippen LogP contribution is 2.24. The highest BCUT2D eigenvalue weighted by molar-refractivity contribution is 6.32. The van der Waals surface area contributed by atoms with Crippen molar-refractivity contribution in [3.8, 4) is 5.75 Å². The molecule has 3 nitrogen and oxygen atoms in total. The molecule has 0 aliphatic rings. The number of amides is 1. The van der Waals surface area contributed by atoms with Crippen molar-refractivity contribution in [2.75, 3.05) is 0 Å². The minimum atomic E-state index is -0.622. The second kappa shape index (κ2) is 7.51. The lowest BCUT2D eigenvalue weighted by Crippen LogP contribution is -2.38. The molecule has 2 aromatic carbocycles. The first-order valence-corrected chi connectivity index (χ1v) is 8.05. The van der Waals surface area contributed by atoms with E-state index >= 15 is 0 Å². The molecule has 0 saturated carbocycles. The van der Waals surface area contributed by atoms with E-state index in [4.69, 9.17) is 16.3 Å². The van der Waals surface area contributed by atoms with Crippen LogP contribution in [-0.2, 0) is 4.79 Å². The predicted molar refractivity (Wildman–Crippen MR) is 94.0 cm³/mol. The Morgan fingerprint density at radius 3 is 2.48 bits per heavy atom. The number of para-hydroxylation sites is 1. The molecule has 0 aliphatic carbocycles. The third-order valence-electron chi connectivity index (χ3n) is 3.76. The summed E-state index contributed by atoms with van der Waals surface area (Å²) in [5, 5.41) is 3.48. The number of halogens is 1. The smallest absolute Gasteiger partial charge is 0.261 e. The Labute approximate surface area is 142 Å². The lowest BCUT2D eigenvalue weighted by Gasteiger charge is -2.21. The summed E-state index contributed by atoms with van der Waals surface area (Å²) in [6.45, 7) is 7.79. The van der Waals surface area contributed by atoms with Crippen molar-refractivity contribution in [3.63, 3.8) is 0 Å². The summed E-state index contributed by atoms with van der Waals surface area (Å²) in [5.74, 6) is 0.341. The zero-order valence-corrected chi connectivity index (χ0v) is 14.6. The lowest BCUT2D eigenvalue weighted by atomic mass is 10.0. The molecule has 0 heterocycles. The van der Waals surface area contributed by atoms with Crippen LogP contribution in [-0.4, -0.2) is 12.0 Å². The molecule has 4 heteroatoms. The van der Waals surface area contributed by atoms with Crippen LogP contribution >= 0.6 is 11.6 Å². The van der Waals surface area contributed by atoms with Crippen molar-refractivity contribution in [3.05, 3.63) is 64.2 Å². The second-order valence-electron chi connectivity index (χ2n) is 5.78. The van der Waals surface area contributed by atoms with Crippen LogP contribution in [0.2, 0.25) is 5.02 Å². The molecule has 0 aromatic heterocycles. The molecule has 2 rings (SSSR count). The molecule has 0 radical (unpaired) electrons. The van der Waals surface area contributed by atoms with Crippen LogP contribution in [0.1, 0.15) is 36.6 Å². The summed E-state index contributed by atoms with van der Waals surface area (Å²) in [7, 11) is 0. The lowest BCUT2D eigenvalue weighted by molar-refractivity contribution is -0.127. The molecular weight excluding hydrogens is 310 g/mol. The van der Waals surface area contributed by atoms with Crippen LogP contribution < -0.4 is 10.1 Å². The first-order valence-electron chi connectivity index (χ1n) is 7.67. The SMILES string of the molecule is Cc1ccc([C@@H](C)NC(=O)[C@H](C)Oc2ccccc2Cl)c(C)c1. The summed E-state index contributed by atoms with van der Waals surface area (Å²) < 4.78 is 5.65. The fraction of sp³-hybridized carbons (Fsp3) is 0.316. The molecule has 2 atom stereocenters. The number of hydrogen-bond donors (Lipinski definition) is 1. The average Bonchev–Trinajstić information content (AvgIpc) is 2.49. The molecule has 0 fully saturated rings. The number of ether oxygens (including phenoxy) is 1. The van der Waals surface area contributed by atoms with Gasteiger partial charge in [0.2, 0.25) is 0 Å². The highest BCUT2D eigenvalue weighted by Gasteiger charge is 2.19. The van der Waals surface area contributed by atoms with E-state index in [2.05, 4.69) is 37.4 Å². The van der Waals surface area contributed by atoms with Gasteiger partial charge in [-0.1, -0.05) is 47.5 Å². The number of hydrogen-bond acceptors (Lipinski definition) is 2. The van der Waals surface area contributed by atoms with Gasteiger partial charge in [0.1, 0.15) is 5.75 Å². The third-order valence-corrected chi connectivity index (χ3v) is 4.07. The van der Waals surface area contributed by atoms with E-state index in [0.29, 0.717) is 10.8 Å². The molecule has 2 aromatic rings. The van der Waals surface area contributed by atoms with Gasteiger partial charge in [-0.2, -0.15) is 0 Å². The van der Waals surface area contributed by atoms with Gasteiger partial charge in [0.05, 0.1) is 11.1 Å². The molecule has 0 saturated heterocycles. The molecule has 122 valence electrons. The molecule has 1 amide bonds. The zero-order chi connectivity index (χ0) is 17.0. The minimum absolute atomic E-state index is 0.0830. The van der Waals surface area contributed by atoms with E-state index in [1.54, 1.807) is 19.1 Å². The summed E-state index contributed by atoms with van der Waals surface area (Å²) >= 11 is 6.05. The van der Waals surface area contributed by atoms with E-state index in [1.807, 2.05) is 19.1 Å². The molecular formula is C19H22ClNO2. The van der Waals surface area contributed by atoms with Crippen LogP contribution in [0.25, 0.3) is 0 Å². The Balaban J connectivity index is 2.01. The summed E-state index contributed by atoms with van der Waals surface area (Å²) in [6.07, 6.45) is -0.622. The Morgan fingerprint density at radius 2 is 1.83 bits per heavy atom. The van der Waals surface area contributed by atoms with Gasteiger partial charge in [-0.05, 0) is 51.0 Å². The van der Waals surface area contributed by atoms with E-state index in [0.717, 1.165) is 11.1 Å². The highest BCUT2D eigenvalue weighted by atomic mass is 35.5. The first kappa shape index (κ1) is 17.4. The van der Waals surface area contributed by atoms with Gasteiger partial charge in [0, 0.05) is 0 Å². The van der Waals surface area contributed by atoms with Crippen LogP contribution in [0.3, 0.4) is 0 Å². The van der Waals surface area contributed by atoms with Gasteiger partial charge in [0.15, 0.2) is 6.10 Å². The van der Waals surface area contributed by atoms with Crippen molar-refractivity contribution in [2.24, 2.45) is 0 Å². The van der Waals surface area contributed by atoms with Crippen LogP contribution in [0.4, 0.5) is 0 Å². The van der Waals surface area contributed by atoms with Gasteiger partial charge in [-0.3, -0.25) is 4.79 Å². The largest absolute Gasteiger partial charge is 0.479 e. The molecule has 0 aliphatic heterocycles. The van der Waals surface area contributed by atoms with Crippen molar-refractivity contribution in [1.29, 1.82) is 0 Å². The fourth-order valence-corrected chi connectivity index (χ4v) is 2.68. The quantitative estimate of drug-likeness (QED) is 0.869. The van der Waals surface area contributed by atoms with Gasteiger partial charge >= 0.3 is 0 Å². The van der Waals surface area contributed by atoms with Crippen molar-refractivity contribution in [1.82, 2.24) is 5.32 Å². The Morgan fingerprint density at radius 1 is 1.13 bits per heavy atom. The van der Waals surface area contributed by atoms with Crippen molar-refractivity contribution in [2.45, 2.75) is 39.8 Å². The van der Waals surface area contributed by atoms with Crippen LogP contribution in [0.5, 0.6) is 5.75 Å². The topological polar surface area (TPSA) is 38.3 Å². The van der Waals surface area contributed by atoms with Crippen molar-refractivity contribution < 1.29 is 9.53 Å². The second-order valence-corrected chi connectivity index (χ2v) is 6.19. The normalized spacial score (nSPS) is 13.3. The number of nitrogens with one attached hydrogen (secondary N) is 1. The summed E-state index contributed by atoms with van der Waals surface area (Å²) in [6, 6.07) is 13.3. The monoisotopic (exact) mass is 331 g/mol. The number of aryl methyl sites for hydroxylation is 2. The third kappa shape index (κ3) is 4.49. The number of rotatable bonds is 5. The maximum absolute atomic E-state index is 12.3. The summed E-state index contributed by atoms with van der Waals surface area (Å²) in [4.78, 5) is 12.3. The fourth-order valence-electron chi connectivity index (χ4n) is 2.50. The number of benzene rings is 2. The van der Waals surface area contributed by atoms with E-state index in [-0.39, 0.29) is 11.9 Å². The molecule has 23 heavy (non-hydrogen) atoms. The first-order chi connectivity index (χ1) is 10.9. The van der Waals surface area contributed by atoms with Gasteiger partial charge < -0.3 is 10.1 Å². The van der Waals surface area contributed by atoms with E-state index < -0.39 is 6.10 Å². The Bertz CT molecular complexity index is 700. The van der Waals surface area contributed by atoms with Crippen LogP contribution in [0.15, 0.2) is 42.5 Å². The van der Waals surface area contributed by atoms with Gasteiger partial charge in [-0.15, -0.1) is 0 Å². The van der Waals surface area contributed by atoms with Gasteiger partial charge in [0.25, 0.3) is 5.91 Å². The predicted octanol–water partition coefficient (Wildman–Crippen LogP) is 4.60. The average molecular weight is 332 g/mol. The maximum Gasteiger partial charge on any atom is 0.261 e. The summed E-state index contributed by atoms with van der Waals surface area (Å²) in [5.41, 5.74) is 3.48. The number of carbonyl (C=O) groups excluding carboxylic acids is 1. The molecule has 0 bridgehead atoms. The van der Waals surface area contributed by atoms with Crippen molar-refractivity contribution >= 4 is 17.5 Å².